The number of ether oxygens (including phenoxy) is 3. The number of hydrogen-bond acceptors (Lipinski definition) is 7. The van der Waals surface area contributed by atoms with Crippen LogP contribution in [0.4, 0.5) is 5.69 Å². The number of esters is 2. The van der Waals surface area contributed by atoms with Gasteiger partial charge in [-0.15, -0.1) is 0 Å². The molecule has 2 unspecified atom stereocenters. The highest BCUT2D eigenvalue weighted by molar-refractivity contribution is 6.02. The average Bonchev–Trinajstić information content (AvgIpc) is 3.25. The summed E-state index contributed by atoms with van der Waals surface area (Å²) in [6.45, 7) is 7.98. The van der Waals surface area contributed by atoms with Gasteiger partial charge in [0.2, 0.25) is 6.10 Å². The van der Waals surface area contributed by atoms with Gasteiger partial charge in [-0.2, -0.15) is 0 Å². The zero-order chi connectivity index (χ0) is 23.5. The van der Waals surface area contributed by atoms with Crippen LogP contribution in [0.2, 0.25) is 0 Å². The number of nitrogens with zero attached hydrogens (tertiary/aromatic N) is 2. The van der Waals surface area contributed by atoms with Crippen LogP contribution in [-0.2, 0) is 28.6 Å². The van der Waals surface area contributed by atoms with E-state index in [1.807, 2.05) is 0 Å². The molecular formula is C23H30N2O7. The fourth-order valence-corrected chi connectivity index (χ4v) is 3.76. The number of amides is 2. The van der Waals surface area contributed by atoms with Crippen LogP contribution in [-0.4, -0.2) is 72.7 Å². The van der Waals surface area contributed by atoms with Gasteiger partial charge in [0.1, 0.15) is 5.60 Å². The summed E-state index contributed by atoms with van der Waals surface area (Å²) in [7, 11) is 0. The predicted molar refractivity (Wildman–Crippen MR) is 115 cm³/mol. The fourth-order valence-electron chi connectivity index (χ4n) is 3.76. The van der Waals surface area contributed by atoms with Gasteiger partial charge in [0, 0.05) is 37.8 Å². The molecular weight excluding hydrogens is 416 g/mol. The molecule has 32 heavy (non-hydrogen) atoms. The Morgan fingerprint density at radius 3 is 2.44 bits per heavy atom. The first-order valence-corrected chi connectivity index (χ1v) is 10.8. The monoisotopic (exact) mass is 446 g/mol. The van der Waals surface area contributed by atoms with Crippen molar-refractivity contribution in [3.63, 3.8) is 0 Å². The van der Waals surface area contributed by atoms with Crippen molar-refractivity contribution in [2.45, 2.75) is 58.3 Å². The van der Waals surface area contributed by atoms with Crippen LogP contribution in [0.5, 0.6) is 0 Å². The minimum absolute atomic E-state index is 0.0758. The lowest BCUT2D eigenvalue weighted by molar-refractivity contribution is -0.188. The summed E-state index contributed by atoms with van der Waals surface area (Å²) in [6.07, 6.45) is -0.911. The number of carbonyl (C=O) groups is 4. The van der Waals surface area contributed by atoms with E-state index in [0.717, 1.165) is 32.9 Å². The molecule has 9 nitrogen and oxygen atoms in total. The number of benzene rings is 1. The van der Waals surface area contributed by atoms with Gasteiger partial charge in [0.05, 0.1) is 6.61 Å². The highest BCUT2D eigenvalue weighted by Crippen LogP contribution is 2.25. The molecule has 0 aliphatic carbocycles. The van der Waals surface area contributed by atoms with Gasteiger partial charge in [0.25, 0.3) is 11.8 Å². The highest BCUT2D eigenvalue weighted by Gasteiger charge is 2.44. The van der Waals surface area contributed by atoms with Crippen molar-refractivity contribution in [1.82, 2.24) is 4.90 Å². The molecule has 0 radical (unpaired) electrons. The van der Waals surface area contributed by atoms with Crippen LogP contribution in [0, 0.1) is 0 Å². The highest BCUT2D eigenvalue weighted by atomic mass is 16.6. The Balaban J connectivity index is 1.83. The van der Waals surface area contributed by atoms with Crippen molar-refractivity contribution in [3.05, 3.63) is 29.8 Å². The lowest BCUT2D eigenvalue weighted by atomic mass is 10.1. The van der Waals surface area contributed by atoms with Gasteiger partial charge in [-0.3, -0.25) is 14.4 Å². The molecule has 2 fully saturated rings. The third-order valence-corrected chi connectivity index (χ3v) is 5.13. The molecule has 2 aliphatic heterocycles. The Bertz CT molecular complexity index is 887. The maximum absolute atomic E-state index is 13.3. The quantitative estimate of drug-likeness (QED) is 0.637. The first-order chi connectivity index (χ1) is 15.1. The van der Waals surface area contributed by atoms with Crippen molar-refractivity contribution < 1.29 is 33.4 Å². The minimum Gasteiger partial charge on any atom is -0.457 e. The van der Waals surface area contributed by atoms with Crippen LogP contribution in [0.25, 0.3) is 0 Å². The van der Waals surface area contributed by atoms with Crippen LogP contribution in [0.3, 0.4) is 0 Å². The molecule has 0 saturated carbocycles. The van der Waals surface area contributed by atoms with E-state index in [1.165, 1.54) is 4.90 Å². The third kappa shape index (κ3) is 5.64. The van der Waals surface area contributed by atoms with Crippen LogP contribution >= 0.6 is 0 Å². The number of morpholine rings is 1. The summed E-state index contributed by atoms with van der Waals surface area (Å²) in [5, 5.41) is 0. The number of anilines is 1. The fraction of sp³-hybridized carbons (Fsp3) is 0.565. The van der Waals surface area contributed by atoms with E-state index >= 15 is 0 Å². The molecule has 3 rings (SSSR count). The molecule has 1 aromatic rings. The molecule has 0 aromatic heterocycles. The normalized spacial score (nSPS) is 20.1. The standard InChI is InChI=1S/C23H30N2O7/c1-15(26)31-19(22(29)32-23(2,3)4)18-21(28)25(12-13-30-18)17-9-7-8-16(14-17)20(27)24-10-5-6-11-24/h7-9,14,18-19H,5-6,10-13H2,1-4H3. The van der Waals surface area contributed by atoms with Crippen molar-refractivity contribution in [2.24, 2.45) is 0 Å². The Morgan fingerprint density at radius 1 is 1.12 bits per heavy atom. The minimum atomic E-state index is -1.53. The Labute approximate surface area is 187 Å². The zero-order valence-corrected chi connectivity index (χ0v) is 19.0. The Kier molecular flexibility index (Phi) is 7.18. The van der Waals surface area contributed by atoms with Crippen molar-refractivity contribution in [2.75, 3.05) is 31.1 Å². The second kappa shape index (κ2) is 9.68. The first-order valence-electron chi connectivity index (χ1n) is 10.8. The molecule has 2 saturated heterocycles. The van der Waals surface area contributed by atoms with E-state index in [-0.39, 0.29) is 19.1 Å². The summed E-state index contributed by atoms with van der Waals surface area (Å²) in [6, 6.07) is 6.81. The van der Waals surface area contributed by atoms with Gasteiger partial charge in [-0.05, 0) is 51.8 Å². The second-order valence-corrected chi connectivity index (χ2v) is 8.89. The summed E-state index contributed by atoms with van der Waals surface area (Å²) < 4.78 is 16.0. The zero-order valence-electron chi connectivity index (χ0n) is 19.0. The van der Waals surface area contributed by atoms with E-state index in [9.17, 15) is 19.2 Å². The number of likely N-dealkylation sites (tertiary alicyclic amines) is 1. The molecule has 2 heterocycles. The van der Waals surface area contributed by atoms with E-state index in [2.05, 4.69) is 0 Å². The van der Waals surface area contributed by atoms with Crippen LogP contribution < -0.4 is 4.90 Å². The van der Waals surface area contributed by atoms with Gasteiger partial charge in [-0.1, -0.05) is 6.07 Å². The van der Waals surface area contributed by atoms with Gasteiger partial charge in [-0.25, -0.2) is 4.79 Å². The van der Waals surface area contributed by atoms with E-state index in [0.29, 0.717) is 11.3 Å². The van der Waals surface area contributed by atoms with E-state index in [1.54, 1.807) is 49.9 Å². The first kappa shape index (κ1) is 23.7. The number of hydrogen-bond donors (Lipinski definition) is 0. The molecule has 2 atom stereocenters. The largest absolute Gasteiger partial charge is 0.457 e. The molecule has 174 valence electrons. The number of rotatable bonds is 5. The maximum Gasteiger partial charge on any atom is 0.351 e. The SMILES string of the molecule is CC(=O)OC(C(=O)OC(C)(C)C)C1OCCN(c2cccc(C(=O)N3CCCC3)c2)C1=O. The van der Waals surface area contributed by atoms with Gasteiger partial charge in [0.15, 0.2) is 6.10 Å². The smallest absolute Gasteiger partial charge is 0.351 e. The summed E-state index contributed by atoms with van der Waals surface area (Å²) in [5.74, 6) is -2.20. The van der Waals surface area contributed by atoms with Gasteiger partial charge >= 0.3 is 11.9 Å². The average molecular weight is 447 g/mol. The topological polar surface area (TPSA) is 102 Å². The lowest BCUT2D eigenvalue weighted by Crippen LogP contribution is -2.56. The maximum atomic E-state index is 13.3. The molecule has 0 bridgehead atoms. The molecule has 0 spiro atoms. The Hall–Kier alpha value is -2.94. The second-order valence-electron chi connectivity index (χ2n) is 8.89. The van der Waals surface area contributed by atoms with Crippen LogP contribution in [0.15, 0.2) is 24.3 Å². The molecule has 9 heteroatoms. The third-order valence-electron chi connectivity index (χ3n) is 5.13. The summed E-state index contributed by atoms with van der Waals surface area (Å²) in [4.78, 5) is 53.5. The van der Waals surface area contributed by atoms with Gasteiger partial charge < -0.3 is 24.0 Å². The number of carbonyl (C=O) groups excluding carboxylic acids is 4. The van der Waals surface area contributed by atoms with E-state index in [4.69, 9.17) is 14.2 Å². The lowest BCUT2D eigenvalue weighted by Gasteiger charge is -2.35. The van der Waals surface area contributed by atoms with Crippen molar-refractivity contribution in [1.29, 1.82) is 0 Å². The summed E-state index contributed by atoms with van der Waals surface area (Å²) in [5.41, 5.74) is 0.167. The Morgan fingerprint density at radius 2 is 1.81 bits per heavy atom. The van der Waals surface area contributed by atoms with Crippen molar-refractivity contribution >= 4 is 29.4 Å². The summed E-state index contributed by atoms with van der Waals surface area (Å²) >= 11 is 0. The molecule has 1 aromatic carbocycles. The van der Waals surface area contributed by atoms with Crippen molar-refractivity contribution in [3.8, 4) is 0 Å². The predicted octanol–water partition coefficient (Wildman–Crippen LogP) is 1.93. The van der Waals surface area contributed by atoms with Crippen LogP contribution in [0.1, 0.15) is 50.9 Å². The molecule has 2 amide bonds. The molecule has 2 aliphatic rings. The molecule has 0 N–H and O–H groups in total. The van der Waals surface area contributed by atoms with E-state index < -0.39 is 35.7 Å².